The van der Waals surface area contributed by atoms with E-state index in [4.69, 9.17) is 4.74 Å². The van der Waals surface area contributed by atoms with E-state index < -0.39 is 0 Å². The van der Waals surface area contributed by atoms with E-state index in [0.717, 1.165) is 47.2 Å². The zero-order chi connectivity index (χ0) is 24.9. The van der Waals surface area contributed by atoms with Crippen molar-refractivity contribution < 1.29 is 9.53 Å². The number of piperidine rings is 1. The highest BCUT2D eigenvalue weighted by atomic mass is 16.5. The normalized spacial score (nSPS) is 14.4. The summed E-state index contributed by atoms with van der Waals surface area (Å²) in [5.41, 5.74) is 3.87. The van der Waals surface area contributed by atoms with Crippen LogP contribution in [-0.4, -0.2) is 65.3 Å². The van der Waals surface area contributed by atoms with Crippen molar-refractivity contribution in [1.29, 1.82) is 0 Å². The van der Waals surface area contributed by atoms with Crippen LogP contribution in [0.4, 0.5) is 0 Å². The zero-order valence-corrected chi connectivity index (χ0v) is 21.2. The van der Waals surface area contributed by atoms with Crippen LogP contribution in [0.5, 0.6) is 0 Å². The molecular weight excluding hydrogens is 450 g/mol. The van der Waals surface area contributed by atoms with Crippen LogP contribution < -0.4 is 5.32 Å². The fourth-order valence-electron chi connectivity index (χ4n) is 5.15. The van der Waals surface area contributed by atoms with Crippen LogP contribution in [0, 0.1) is 5.92 Å². The molecule has 1 amide bonds. The lowest BCUT2D eigenvalue weighted by Gasteiger charge is -2.23. The van der Waals surface area contributed by atoms with E-state index in [2.05, 4.69) is 56.0 Å². The summed E-state index contributed by atoms with van der Waals surface area (Å²) in [7, 11) is 3.49. The SMILES string of the molecule is COCCN(C)C(=O)c1cn(Cc2cncn2CC2CCNCC2)cc1-c1cccc2ccccc12. The molecule has 0 saturated carbocycles. The number of imidazole rings is 1. The van der Waals surface area contributed by atoms with Crippen molar-refractivity contribution in [2.75, 3.05) is 40.4 Å². The highest BCUT2D eigenvalue weighted by Crippen LogP contribution is 2.32. The van der Waals surface area contributed by atoms with Gasteiger partial charge in [0.2, 0.25) is 0 Å². The van der Waals surface area contributed by atoms with Gasteiger partial charge >= 0.3 is 0 Å². The minimum absolute atomic E-state index is 0.00283. The number of rotatable bonds is 9. The standard InChI is InChI=1S/C29H35N5O2/c1-32(14-15-36-2)29(35)28-20-33(18-24-16-31-21-34(24)17-22-10-12-30-13-11-22)19-27(28)26-9-5-7-23-6-3-4-8-25(23)26/h3-9,16,19-22,30H,10-15,17-18H2,1-2H3. The number of carbonyl (C=O) groups excluding carboxylic acids is 1. The predicted molar refractivity (Wildman–Crippen MR) is 143 cm³/mol. The highest BCUT2D eigenvalue weighted by Gasteiger charge is 2.21. The minimum atomic E-state index is -0.00283. The first kappa shape index (κ1) is 24.3. The molecule has 188 valence electrons. The number of aromatic nitrogens is 3. The summed E-state index contributed by atoms with van der Waals surface area (Å²) in [6.45, 7) is 4.87. The maximum absolute atomic E-state index is 13.6. The van der Waals surface area contributed by atoms with Crippen molar-refractivity contribution in [2.24, 2.45) is 5.92 Å². The lowest BCUT2D eigenvalue weighted by atomic mass is 9.97. The first-order chi connectivity index (χ1) is 17.6. The first-order valence-corrected chi connectivity index (χ1v) is 12.8. The van der Waals surface area contributed by atoms with Gasteiger partial charge in [-0.25, -0.2) is 4.98 Å². The zero-order valence-electron chi connectivity index (χ0n) is 21.2. The average molecular weight is 486 g/mol. The monoisotopic (exact) mass is 485 g/mol. The van der Waals surface area contributed by atoms with E-state index in [1.54, 1.807) is 12.0 Å². The molecule has 0 aliphatic carbocycles. The van der Waals surface area contributed by atoms with Crippen LogP contribution >= 0.6 is 0 Å². The number of amides is 1. The fourth-order valence-corrected chi connectivity index (χ4v) is 5.15. The molecule has 1 saturated heterocycles. The van der Waals surface area contributed by atoms with Gasteiger partial charge in [0.1, 0.15) is 0 Å². The molecule has 1 aliphatic heterocycles. The molecule has 36 heavy (non-hydrogen) atoms. The summed E-state index contributed by atoms with van der Waals surface area (Å²) >= 11 is 0. The Labute approximate surface area is 212 Å². The van der Waals surface area contributed by atoms with Crippen molar-refractivity contribution in [3.8, 4) is 11.1 Å². The van der Waals surface area contributed by atoms with Gasteiger partial charge in [0, 0.05) is 51.4 Å². The van der Waals surface area contributed by atoms with Gasteiger partial charge in [-0.1, -0.05) is 42.5 Å². The maximum Gasteiger partial charge on any atom is 0.255 e. The second kappa shape index (κ2) is 11.1. The quantitative estimate of drug-likeness (QED) is 0.385. The molecule has 0 spiro atoms. The van der Waals surface area contributed by atoms with E-state index in [1.165, 1.54) is 12.8 Å². The molecule has 0 atom stereocenters. The van der Waals surface area contributed by atoms with Crippen LogP contribution in [0.15, 0.2) is 67.4 Å². The first-order valence-electron chi connectivity index (χ1n) is 12.8. The number of nitrogens with zero attached hydrogens (tertiary/aromatic N) is 4. The molecule has 0 bridgehead atoms. The molecule has 2 aromatic heterocycles. The summed E-state index contributed by atoms with van der Waals surface area (Å²) in [5, 5.41) is 5.75. The van der Waals surface area contributed by atoms with E-state index in [-0.39, 0.29) is 5.91 Å². The van der Waals surface area contributed by atoms with Gasteiger partial charge in [0.15, 0.2) is 0 Å². The van der Waals surface area contributed by atoms with E-state index in [9.17, 15) is 4.79 Å². The second-order valence-corrected chi connectivity index (χ2v) is 9.73. The number of hydrogen-bond acceptors (Lipinski definition) is 4. The van der Waals surface area contributed by atoms with E-state index >= 15 is 0 Å². The number of fused-ring (bicyclic) bond motifs is 1. The van der Waals surface area contributed by atoms with Crippen molar-refractivity contribution in [3.05, 3.63) is 78.6 Å². The highest BCUT2D eigenvalue weighted by molar-refractivity contribution is 6.05. The summed E-state index contributed by atoms with van der Waals surface area (Å²) in [6, 6.07) is 14.6. The Hall–Kier alpha value is -3.42. The van der Waals surface area contributed by atoms with Crippen LogP contribution in [0.3, 0.4) is 0 Å². The van der Waals surface area contributed by atoms with Crippen molar-refractivity contribution in [2.45, 2.75) is 25.9 Å². The molecule has 3 heterocycles. The minimum Gasteiger partial charge on any atom is -0.383 e. The molecule has 1 aliphatic rings. The van der Waals surface area contributed by atoms with E-state index in [1.807, 2.05) is 37.9 Å². The summed E-state index contributed by atoms with van der Waals surface area (Å²) < 4.78 is 9.62. The summed E-state index contributed by atoms with van der Waals surface area (Å²) in [6.07, 6.45) is 10.4. The van der Waals surface area contributed by atoms with Crippen LogP contribution in [0.2, 0.25) is 0 Å². The lowest BCUT2D eigenvalue weighted by Crippen LogP contribution is -2.30. The van der Waals surface area contributed by atoms with Gasteiger partial charge in [0.05, 0.1) is 30.7 Å². The Balaban J connectivity index is 1.49. The van der Waals surface area contributed by atoms with Gasteiger partial charge in [-0.15, -0.1) is 0 Å². The third-order valence-electron chi connectivity index (χ3n) is 7.22. The molecule has 7 nitrogen and oxygen atoms in total. The van der Waals surface area contributed by atoms with Gasteiger partial charge in [-0.2, -0.15) is 0 Å². The molecule has 0 radical (unpaired) electrons. The topological polar surface area (TPSA) is 64.3 Å². The Morgan fingerprint density at radius 1 is 1.11 bits per heavy atom. The van der Waals surface area contributed by atoms with Crippen molar-refractivity contribution in [1.82, 2.24) is 24.3 Å². The molecule has 7 heteroatoms. The molecular formula is C29H35N5O2. The van der Waals surface area contributed by atoms with Gasteiger partial charge in [-0.05, 0) is 48.2 Å². The number of likely N-dealkylation sites (N-methyl/N-ethyl adjacent to an activating group) is 1. The summed E-state index contributed by atoms with van der Waals surface area (Å²) in [5.74, 6) is 0.665. The van der Waals surface area contributed by atoms with Crippen LogP contribution in [0.25, 0.3) is 21.9 Å². The Bertz CT molecular complexity index is 1310. The third kappa shape index (κ3) is 5.22. The lowest BCUT2D eigenvalue weighted by molar-refractivity contribution is 0.0745. The number of carbonyl (C=O) groups is 1. The molecule has 1 N–H and O–H groups in total. The molecule has 0 unspecified atom stereocenters. The van der Waals surface area contributed by atoms with Crippen LogP contribution in [-0.2, 0) is 17.8 Å². The fraction of sp³-hybridized carbons (Fsp3) is 0.379. The molecule has 5 rings (SSSR count). The largest absolute Gasteiger partial charge is 0.383 e. The molecule has 2 aromatic carbocycles. The Morgan fingerprint density at radius 2 is 1.92 bits per heavy atom. The number of benzene rings is 2. The van der Waals surface area contributed by atoms with Crippen molar-refractivity contribution >= 4 is 16.7 Å². The summed E-state index contributed by atoms with van der Waals surface area (Å²) in [4.78, 5) is 19.7. The number of hydrogen-bond donors (Lipinski definition) is 1. The van der Waals surface area contributed by atoms with Gasteiger partial charge in [0.25, 0.3) is 5.91 Å². The van der Waals surface area contributed by atoms with Crippen LogP contribution in [0.1, 0.15) is 28.9 Å². The molecule has 1 fully saturated rings. The Morgan fingerprint density at radius 3 is 2.75 bits per heavy atom. The number of nitrogens with one attached hydrogen (secondary N) is 1. The maximum atomic E-state index is 13.6. The number of methoxy groups -OCH3 is 1. The third-order valence-corrected chi connectivity index (χ3v) is 7.22. The van der Waals surface area contributed by atoms with Gasteiger partial charge in [-0.3, -0.25) is 4.79 Å². The second-order valence-electron chi connectivity index (χ2n) is 9.73. The predicted octanol–water partition coefficient (Wildman–Crippen LogP) is 4.27. The molecule has 4 aromatic rings. The number of ether oxygens (including phenoxy) is 1. The van der Waals surface area contributed by atoms with Gasteiger partial charge < -0.3 is 24.1 Å². The smallest absolute Gasteiger partial charge is 0.255 e. The van der Waals surface area contributed by atoms with Crippen molar-refractivity contribution in [3.63, 3.8) is 0 Å². The average Bonchev–Trinajstić information content (AvgIpc) is 3.54. The Kier molecular flexibility index (Phi) is 7.49. The van der Waals surface area contributed by atoms with E-state index in [0.29, 0.717) is 31.2 Å².